The minimum Gasteiger partial charge on any atom is -0.372 e. The van der Waals surface area contributed by atoms with Gasteiger partial charge in [0.2, 0.25) is 5.91 Å². The molecule has 0 saturated heterocycles. The van der Waals surface area contributed by atoms with Crippen LogP contribution in [0, 0.1) is 0 Å². The number of thioether (sulfide) groups is 1. The summed E-state index contributed by atoms with van der Waals surface area (Å²) in [5.74, 6) is -0.133. The van der Waals surface area contributed by atoms with Gasteiger partial charge in [-0.15, -0.1) is 11.8 Å². The zero-order valence-electron chi connectivity index (χ0n) is 12.0. The van der Waals surface area contributed by atoms with E-state index in [4.69, 9.17) is 0 Å². The lowest BCUT2D eigenvalue weighted by atomic mass is 10.2. The highest BCUT2D eigenvalue weighted by Gasteiger charge is 2.27. The molecule has 1 aromatic carbocycles. The maximum Gasteiger partial charge on any atom is 0.411 e. The van der Waals surface area contributed by atoms with Crippen molar-refractivity contribution in [3.05, 3.63) is 23.8 Å². The Hall–Kier alpha value is -1.74. The first-order chi connectivity index (χ1) is 10.8. The minimum absolute atomic E-state index is 0.0866. The van der Waals surface area contributed by atoms with Crippen LogP contribution in [-0.4, -0.2) is 43.5 Å². The van der Waals surface area contributed by atoms with E-state index in [2.05, 4.69) is 15.4 Å². The first-order valence-electron chi connectivity index (χ1n) is 6.84. The third kappa shape index (κ3) is 5.76. The molecular formula is C14H15F3N2O3S. The Labute approximate surface area is 135 Å². The molecule has 1 aliphatic rings. The van der Waals surface area contributed by atoms with Gasteiger partial charge in [-0.05, 0) is 24.6 Å². The predicted octanol–water partition coefficient (Wildman–Crippen LogP) is 2.43. The van der Waals surface area contributed by atoms with Gasteiger partial charge < -0.3 is 15.4 Å². The Bertz CT molecular complexity index is 593. The molecule has 9 heteroatoms. The lowest BCUT2D eigenvalue weighted by Gasteiger charge is -2.17. The van der Waals surface area contributed by atoms with E-state index in [9.17, 15) is 22.8 Å². The van der Waals surface area contributed by atoms with Crippen LogP contribution in [0.5, 0.6) is 0 Å². The zero-order chi connectivity index (χ0) is 16.9. The van der Waals surface area contributed by atoms with Gasteiger partial charge in [0.1, 0.15) is 6.61 Å². The number of carbonyl (C=O) groups excluding carboxylic acids is 2. The number of fused-ring (bicyclic) bond motifs is 1. The van der Waals surface area contributed by atoms with Gasteiger partial charge >= 0.3 is 6.18 Å². The summed E-state index contributed by atoms with van der Waals surface area (Å²) in [6, 6.07) is 4.97. The van der Waals surface area contributed by atoms with Crippen LogP contribution in [0.4, 0.5) is 18.9 Å². The van der Waals surface area contributed by atoms with Crippen molar-refractivity contribution in [3.63, 3.8) is 0 Å². The summed E-state index contributed by atoms with van der Waals surface area (Å²) in [5, 5.41) is 5.28. The van der Waals surface area contributed by atoms with Crippen molar-refractivity contribution in [2.24, 2.45) is 0 Å². The van der Waals surface area contributed by atoms with Gasteiger partial charge in [-0.1, -0.05) is 0 Å². The summed E-state index contributed by atoms with van der Waals surface area (Å²) >= 11 is 1.39. The molecule has 1 aliphatic heterocycles. The second-order valence-corrected chi connectivity index (χ2v) is 5.84. The number of hydrogen-bond donors (Lipinski definition) is 2. The SMILES string of the molecule is O=C1CSc2ccc(C(=O)NCCCOCC(F)(F)F)cc2N1. The summed E-state index contributed by atoms with van der Waals surface area (Å²) in [7, 11) is 0. The van der Waals surface area contributed by atoms with E-state index < -0.39 is 12.8 Å². The summed E-state index contributed by atoms with van der Waals surface area (Å²) in [4.78, 5) is 24.2. The molecule has 2 N–H and O–H groups in total. The smallest absolute Gasteiger partial charge is 0.372 e. The Morgan fingerprint density at radius 1 is 1.39 bits per heavy atom. The minimum atomic E-state index is -4.34. The van der Waals surface area contributed by atoms with Crippen LogP contribution < -0.4 is 10.6 Å². The lowest BCUT2D eigenvalue weighted by molar-refractivity contribution is -0.173. The van der Waals surface area contributed by atoms with Gasteiger partial charge in [-0.2, -0.15) is 13.2 Å². The number of halogens is 3. The molecule has 0 bridgehead atoms. The largest absolute Gasteiger partial charge is 0.411 e. The fourth-order valence-corrected chi connectivity index (χ4v) is 2.68. The number of alkyl halides is 3. The van der Waals surface area contributed by atoms with Crippen LogP contribution in [0.15, 0.2) is 23.1 Å². The maximum absolute atomic E-state index is 12.0. The van der Waals surface area contributed by atoms with Crippen LogP contribution in [0.3, 0.4) is 0 Å². The molecule has 1 aromatic rings. The van der Waals surface area contributed by atoms with Crippen LogP contribution in [0.1, 0.15) is 16.8 Å². The van der Waals surface area contributed by atoms with Crippen LogP contribution in [0.25, 0.3) is 0 Å². The van der Waals surface area contributed by atoms with E-state index >= 15 is 0 Å². The predicted molar refractivity (Wildman–Crippen MR) is 79.6 cm³/mol. The average molecular weight is 348 g/mol. The van der Waals surface area contributed by atoms with Crippen LogP contribution in [0.2, 0.25) is 0 Å². The maximum atomic E-state index is 12.0. The van der Waals surface area contributed by atoms with E-state index in [0.29, 0.717) is 17.0 Å². The third-order valence-corrected chi connectivity index (χ3v) is 3.96. The zero-order valence-corrected chi connectivity index (χ0v) is 12.9. The van der Waals surface area contributed by atoms with Crippen molar-refractivity contribution in [3.8, 4) is 0 Å². The molecule has 0 unspecified atom stereocenters. The number of hydrogen-bond acceptors (Lipinski definition) is 4. The molecule has 1 heterocycles. The van der Waals surface area contributed by atoms with Gasteiger partial charge in [0, 0.05) is 23.6 Å². The fraction of sp³-hybridized carbons (Fsp3) is 0.429. The van der Waals surface area contributed by atoms with E-state index in [0.717, 1.165) is 4.90 Å². The normalized spacial score (nSPS) is 14.1. The van der Waals surface area contributed by atoms with Crippen molar-refractivity contribution < 1.29 is 27.5 Å². The van der Waals surface area contributed by atoms with Crippen molar-refractivity contribution in [2.45, 2.75) is 17.5 Å². The highest BCUT2D eigenvalue weighted by Crippen LogP contribution is 2.31. The molecule has 0 saturated carbocycles. The Balaban J connectivity index is 1.76. The van der Waals surface area contributed by atoms with Crippen molar-refractivity contribution in [1.29, 1.82) is 0 Å². The summed E-state index contributed by atoms with van der Waals surface area (Å²) < 4.78 is 40.0. The van der Waals surface area contributed by atoms with Gasteiger partial charge in [-0.3, -0.25) is 9.59 Å². The Kier molecular flexibility index (Phi) is 5.89. The summed E-state index contributed by atoms with van der Waals surface area (Å²) in [5.41, 5.74) is 0.968. The molecule has 0 atom stereocenters. The number of carbonyl (C=O) groups is 2. The highest BCUT2D eigenvalue weighted by molar-refractivity contribution is 8.00. The molecule has 5 nitrogen and oxygen atoms in total. The molecule has 23 heavy (non-hydrogen) atoms. The van der Waals surface area contributed by atoms with Gasteiger partial charge in [0.25, 0.3) is 5.91 Å². The molecular weight excluding hydrogens is 333 g/mol. The summed E-state index contributed by atoms with van der Waals surface area (Å²) in [6.07, 6.45) is -4.06. The van der Waals surface area contributed by atoms with E-state index in [1.807, 2.05) is 0 Å². The lowest BCUT2D eigenvalue weighted by Crippen LogP contribution is -2.26. The number of ether oxygens (including phenoxy) is 1. The fourth-order valence-electron chi connectivity index (χ4n) is 1.89. The number of anilines is 1. The number of nitrogens with one attached hydrogen (secondary N) is 2. The molecule has 2 rings (SSSR count). The molecule has 0 aromatic heterocycles. The molecule has 126 valence electrons. The standard InChI is InChI=1S/C14H15F3N2O3S/c15-14(16,17)8-22-5-1-4-18-13(21)9-2-3-11-10(6-9)19-12(20)7-23-11/h2-3,6H,1,4-5,7-8H2,(H,18,21)(H,19,20). The topological polar surface area (TPSA) is 67.4 Å². The van der Waals surface area contributed by atoms with Gasteiger partial charge in [-0.25, -0.2) is 0 Å². The van der Waals surface area contributed by atoms with Crippen molar-refractivity contribution >= 4 is 29.3 Å². The Morgan fingerprint density at radius 2 is 2.17 bits per heavy atom. The first-order valence-corrected chi connectivity index (χ1v) is 7.83. The second kappa shape index (κ2) is 7.69. The third-order valence-electron chi connectivity index (χ3n) is 2.89. The second-order valence-electron chi connectivity index (χ2n) is 4.83. The monoisotopic (exact) mass is 348 g/mol. The Morgan fingerprint density at radius 3 is 2.91 bits per heavy atom. The average Bonchev–Trinajstić information content (AvgIpc) is 2.48. The van der Waals surface area contributed by atoms with E-state index in [1.165, 1.54) is 11.8 Å². The first kappa shape index (κ1) is 17.6. The van der Waals surface area contributed by atoms with Crippen LogP contribution >= 0.6 is 11.8 Å². The van der Waals surface area contributed by atoms with E-state index in [1.54, 1.807) is 18.2 Å². The quantitative estimate of drug-likeness (QED) is 0.775. The summed E-state index contributed by atoms with van der Waals surface area (Å²) in [6.45, 7) is -1.17. The number of benzene rings is 1. The van der Waals surface area contributed by atoms with E-state index in [-0.39, 0.29) is 31.4 Å². The molecule has 0 radical (unpaired) electrons. The van der Waals surface area contributed by atoms with Gasteiger partial charge in [0.15, 0.2) is 0 Å². The van der Waals surface area contributed by atoms with Crippen molar-refractivity contribution in [2.75, 3.05) is 30.8 Å². The molecule has 0 aliphatic carbocycles. The number of amides is 2. The molecule has 2 amide bonds. The van der Waals surface area contributed by atoms with Crippen LogP contribution in [-0.2, 0) is 9.53 Å². The molecule has 0 spiro atoms. The van der Waals surface area contributed by atoms with Gasteiger partial charge in [0.05, 0.1) is 11.4 Å². The number of rotatable bonds is 6. The van der Waals surface area contributed by atoms with Crippen molar-refractivity contribution in [1.82, 2.24) is 5.32 Å². The highest BCUT2D eigenvalue weighted by atomic mass is 32.2. The molecule has 0 fully saturated rings.